The lowest BCUT2D eigenvalue weighted by Gasteiger charge is -2.37. The monoisotopic (exact) mass is 280 g/mol. The average Bonchev–Trinajstić information content (AvgIpc) is 2.72. The number of hydrogen-bond donors (Lipinski definition) is 0. The molecule has 0 spiro atoms. The quantitative estimate of drug-likeness (QED) is 0.471. The highest BCUT2D eigenvalue weighted by molar-refractivity contribution is 7.16. The molecule has 4 nitrogen and oxygen atoms in total. The zero-order valence-corrected chi connectivity index (χ0v) is 12.4. The molecule has 0 radical (unpaired) electrons. The summed E-state index contributed by atoms with van der Waals surface area (Å²) in [4.78, 5) is 15.8. The van der Waals surface area contributed by atoms with E-state index in [0.717, 1.165) is 17.7 Å². The van der Waals surface area contributed by atoms with Crippen LogP contribution in [0.2, 0.25) is 0 Å². The molecule has 19 heavy (non-hydrogen) atoms. The third kappa shape index (κ3) is 3.86. The lowest BCUT2D eigenvalue weighted by Crippen LogP contribution is -2.29. The molecule has 0 aliphatic heterocycles. The molecule has 0 bridgehead atoms. The molecule has 1 aliphatic carbocycles. The van der Waals surface area contributed by atoms with Gasteiger partial charge in [0.05, 0.1) is 15.8 Å². The van der Waals surface area contributed by atoms with Crippen molar-refractivity contribution in [2.24, 2.45) is 16.3 Å². The molecule has 1 heterocycles. The van der Waals surface area contributed by atoms with Gasteiger partial charge in [-0.2, -0.15) is 0 Å². The Morgan fingerprint density at radius 3 is 2.79 bits per heavy atom. The van der Waals surface area contributed by atoms with Gasteiger partial charge < -0.3 is 0 Å². The van der Waals surface area contributed by atoms with Crippen molar-refractivity contribution < 1.29 is 4.92 Å². The van der Waals surface area contributed by atoms with Gasteiger partial charge in [0.1, 0.15) is 0 Å². The summed E-state index contributed by atoms with van der Waals surface area (Å²) in [5.74, 6) is 0.698. The first kappa shape index (κ1) is 14.2. The second kappa shape index (κ2) is 5.41. The molecule has 2 atom stereocenters. The van der Waals surface area contributed by atoms with E-state index in [0.29, 0.717) is 17.4 Å². The first-order valence-electron chi connectivity index (χ1n) is 6.63. The van der Waals surface area contributed by atoms with E-state index in [9.17, 15) is 10.1 Å². The summed E-state index contributed by atoms with van der Waals surface area (Å²) in [6, 6.07) is 3.66. The third-order valence-corrected chi connectivity index (χ3v) is 4.54. The molecule has 0 N–H and O–H groups in total. The molecule has 1 fully saturated rings. The molecule has 2 unspecified atom stereocenters. The predicted octanol–water partition coefficient (Wildman–Crippen LogP) is 4.29. The van der Waals surface area contributed by atoms with Crippen LogP contribution in [0.25, 0.3) is 0 Å². The number of hydrogen-bond acceptors (Lipinski definition) is 4. The normalized spacial score (nSPS) is 26.7. The van der Waals surface area contributed by atoms with Crippen molar-refractivity contribution in [3.63, 3.8) is 0 Å². The lowest BCUT2D eigenvalue weighted by atomic mass is 9.71. The molecule has 104 valence electrons. The Bertz CT molecular complexity index is 493. The van der Waals surface area contributed by atoms with Gasteiger partial charge in [-0.15, -0.1) is 0 Å². The van der Waals surface area contributed by atoms with Crippen molar-refractivity contribution in [1.29, 1.82) is 0 Å². The van der Waals surface area contributed by atoms with E-state index in [4.69, 9.17) is 0 Å². The third-order valence-electron chi connectivity index (χ3n) is 3.57. The van der Waals surface area contributed by atoms with Crippen LogP contribution in [0.1, 0.15) is 44.9 Å². The standard InChI is InChI=1S/C14H20N2O2S/c1-10-6-11(8-14(2,3)7-10)15-9-12-4-5-13(19-12)16(17)18/h4-5,9-11H,6-8H2,1-3H3. The second-order valence-corrected chi connectivity index (χ2v) is 7.37. The first-order chi connectivity index (χ1) is 8.85. The highest BCUT2D eigenvalue weighted by Crippen LogP contribution is 2.39. The summed E-state index contributed by atoms with van der Waals surface area (Å²) >= 11 is 1.18. The fraction of sp³-hybridized carbons (Fsp3) is 0.643. The van der Waals surface area contributed by atoms with Gasteiger partial charge in [-0.1, -0.05) is 32.1 Å². The predicted molar refractivity (Wildman–Crippen MR) is 79.2 cm³/mol. The zero-order chi connectivity index (χ0) is 14.0. The van der Waals surface area contributed by atoms with E-state index in [2.05, 4.69) is 25.8 Å². The Morgan fingerprint density at radius 2 is 2.21 bits per heavy atom. The summed E-state index contributed by atoms with van der Waals surface area (Å²) in [7, 11) is 0. The average molecular weight is 280 g/mol. The van der Waals surface area contributed by atoms with Crippen molar-refractivity contribution in [2.45, 2.75) is 46.1 Å². The fourth-order valence-corrected chi connectivity index (χ4v) is 3.80. The molecule has 1 saturated carbocycles. The molecule has 2 rings (SSSR count). The minimum Gasteiger partial charge on any atom is -0.288 e. The topological polar surface area (TPSA) is 55.5 Å². The number of thiophene rings is 1. The van der Waals surface area contributed by atoms with Crippen LogP contribution >= 0.6 is 11.3 Å². The van der Waals surface area contributed by atoms with Crippen molar-refractivity contribution in [3.8, 4) is 0 Å². The van der Waals surface area contributed by atoms with E-state index in [1.54, 1.807) is 18.3 Å². The van der Waals surface area contributed by atoms with E-state index < -0.39 is 0 Å². The Kier molecular flexibility index (Phi) is 4.04. The highest BCUT2D eigenvalue weighted by Gasteiger charge is 2.31. The molecule has 1 aromatic heterocycles. The summed E-state index contributed by atoms with van der Waals surface area (Å²) in [5.41, 5.74) is 0.348. The first-order valence-corrected chi connectivity index (χ1v) is 7.45. The largest absolute Gasteiger partial charge is 0.324 e. The van der Waals surface area contributed by atoms with Crippen LogP contribution in [0.5, 0.6) is 0 Å². The molecular weight excluding hydrogens is 260 g/mol. The van der Waals surface area contributed by atoms with Crippen LogP contribution in [-0.4, -0.2) is 17.2 Å². The van der Waals surface area contributed by atoms with Gasteiger partial charge >= 0.3 is 5.00 Å². The number of nitro groups is 1. The van der Waals surface area contributed by atoms with Crippen LogP contribution in [0.3, 0.4) is 0 Å². The van der Waals surface area contributed by atoms with Gasteiger partial charge in [-0.25, -0.2) is 0 Å². The van der Waals surface area contributed by atoms with E-state index >= 15 is 0 Å². The molecule has 0 aromatic carbocycles. The van der Waals surface area contributed by atoms with E-state index in [1.165, 1.54) is 17.8 Å². The smallest absolute Gasteiger partial charge is 0.288 e. The second-order valence-electron chi connectivity index (χ2n) is 6.28. The Labute approximate surface area is 117 Å². The number of rotatable bonds is 3. The van der Waals surface area contributed by atoms with Crippen LogP contribution < -0.4 is 0 Å². The van der Waals surface area contributed by atoms with Gasteiger partial charge in [0.15, 0.2) is 0 Å². The molecule has 5 heteroatoms. The summed E-state index contributed by atoms with van der Waals surface area (Å²) < 4.78 is 0. The van der Waals surface area contributed by atoms with Crippen LogP contribution in [0.15, 0.2) is 17.1 Å². The van der Waals surface area contributed by atoms with Gasteiger partial charge in [-0.05, 0) is 36.7 Å². The minimum atomic E-state index is -0.353. The van der Waals surface area contributed by atoms with Gasteiger partial charge in [0, 0.05) is 12.3 Å². The fourth-order valence-electron chi connectivity index (χ4n) is 3.10. The maximum Gasteiger partial charge on any atom is 0.324 e. The SMILES string of the molecule is CC1CC(N=Cc2ccc([N+](=O)[O-])s2)CC(C)(C)C1. The van der Waals surface area contributed by atoms with Crippen LogP contribution in [0.4, 0.5) is 5.00 Å². The van der Waals surface area contributed by atoms with Crippen molar-refractivity contribution in [1.82, 2.24) is 0 Å². The summed E-state index contributed by atoms with van der Waals surface area (Å²) in [6.45, 7) is 6.86. The Morgan fingerprint density at radius 1 is 1.47 bits per heavy atom. The summed E-state index contributed by atoms with van der Waals surface area (Å²) in [5, 5.41) is 10.8. The highest BCUT2D eigenvalue weighted by atomic mass is 32.1. The molecule has 0 amide bonds. The van der Waals surface area contributed by atoms with Crippen LogP contribution in [0, 0.1) is 21.4 Å². The van der Waals surface area contributed by atoms with Gasteiger partial charge in [-0.3, -0.25) is 15.1 Å². The van der Waals surface area contributed by atoms with Crippen molar-refractivity contribution >= 4 is 22.6 Å². The Balaban J connectivity index is 2.03. The maximum atomic E-state index is 10.6. The van der Waals surface area contributed by atoms with E-state index in [-0.39, 0.29) is 9.92 Å². The number of nitrogens with zero attached hydrogens (tertiary/aromatic N) is 2. The number of aliphatic imine (C=N–C) groups is 1. The van der Waals surface area contributed by atoms with Gasteiger partial charge in [0.25, 0.3) is 0 Å². The Hall–Kier alpha value is -1.23. The minimum absolute atomic E-state index is 0.179. The van der Waals surface area contributed by atoms with Gasteiger partial charge in [0.2, 0.25) is 0 Å². The van der Waals surface area contributed by atoms with Crippen molar-refractivity contribution in [2.75, 3.05) is 0 Å². The summed E-state index contributed by atoms with van der Waals surface area (Å²) in [6.07, 6.45) is 5.27. The van der Waals surface area contributed by atoms with Crippen LogP contribution in [-0.2, 0) is 0 Å². The molecule has 0 saturated heterocycles. The molecule has 1 aromatic rings. The molecule has 1 aliphatic rings. The van der Waals surface area contributed by atoms with E-state index in [1.807, 2.05) is 0 Å². The zero-order valence-electron chi connectivity index (χ0n) is 11.6. The van der Waals surface area contributed by atoms with Crippen molar-refractivity contribution in [3.05, 3.63) is 27.1 Å². The lowest BCUT2D eigenvalue weighted by molar-refractivity contribution is -0.380. The maximum absolute atomic E-state index is 10.6. The molecular formula is C14H20N2O2S.